The van der Waals surface area contributed by atoms with Crippen LogP contribution in [-0.2, 0) is 9.53 Å². The molecule has 0 radical (unpaired) electrons. The minimum atomic E-state index is -0.843. The number of aryl methyl sites for hydroxylation is 2. The highest BCUT2D eigenvalue weighted by molar-refractivity contribution is 6.15. The molecule has 30 heavy (non-hydrogen) atoms. The SMILES string of the molecule is Cc1ccc(C)c(C(=O)c2ccccc2C(=O)OCC(=O)NC(=O)c2ccco2)c1. The van der Waals surface area contributed by atoms with Crippen molar-refractivity contribution in [1.29, 1.82) is 0 Å². The lowest BCUT2D eigenvalue weighted by molar-refractivity contribution is -0.123. The molecular weight excluding hydrogens is 386 g/mol. The number of furan rings is 1. The fraction of sp³-hybridized carbons (Fsp3) is 0.130. The van der Waals surface area contributed by atoms with E-state index in [9.17, 15) is 19.2 Å². The standard InChI is InChI=1S/C23H19NO6/c1-14-9-10-15(2)18(12-14)21(26)16-6-3-4-7-17(16)23(28)30-13-20(25)24-22(27)19-8-5-11-29-19/h3-12H,13H2,1-2H3,(H,24,25,27). The Morgan fingerprint density at radius 3 is 2.33 bits per heavy atom. The van der Waals surface area contributed by atoms with Crippen molar-refractivity contribution in [2.75, 3.05) is 6.61 Å². The molecule has 7 nitrogen and oxygen atoms in total. The highest BCUT2D eigenvalue weighted by Gasteiger charge is 2.21. The molecule has 0 spiro atoms. The molecule has 0 fully saturated rings. The van der Waals surface area contributed by atoms with Gasteiger partial charge in [0.15, 0.2) is 18.2 Å². The first-order chi connectivity index (χ1) is 14.4. The molecule has 1 aromatic heterocycles. The number of hydrogen-bond acceptors (Lipinski definition) is 6. The monoisotopic (exact) mass is 405 g/mol. The number of ketones is 1. The summed E-state index contributed by atoms with van der Waals surface area (Å²) in [7, 11) is 0. The van der Waals surface area contributed by atoms with Crippen molar-refractivity contribution in [2.24, 2.45) is 0 Å². The normalized spacial score (nSPS) is 10.3. The van der Waals surface area contributed by atoms with Gasteiger partial charge in [-0.1, -0.05) is 35.9 Å². The van der Waals surface area contributed by atoms with Gasteiger partial charge in [-0.05, 0) is 43.7 Å². The van der Waals surface area contributed by atoms with E-state index in [1.165, 1.54) is 30.5 Å². The van der Waals surface area contributed by atoms with Crippen LogP contribution in [0.3, 0.4) is 0 Å². The third kappa shape index (κ3) is 4.70. The topological polar surface area (TPSA) is 103 Å². The molecular formula is C23H19NO6. The van der Waals surface area contributed by atoms with Gasteiger partial charge in [0.25, 0.3) is 11.8 Å². The second kappa shape index (κ2) is 9.00. The van der Waals surface area contributed by atoms with Gasteiger partial charge in [-0.25, -0.2) is 4.79 Å². The number of carbonyl (C=O) groups is 4. The van der Waals surface area contributed by atoms with Crippen LogP contribution >= 0.6 is 0 Å². The van der Waals surface area contributed by atoms with E-state index in [-0.39, 0.29) is 22.7 Å². The number of rotatable bonds is 6. The number of amides is 2. The van der Waals surface area contributed by atoms with Gasteiger partial charge in [-0.3, -0.25) is 19.7 Å². The number of hydrogen-bond donors (Lipinski definition) is 1. The van der Waals surface area contributed by atoms with Gasteiger partial charge >= 0.3 is 5.97 Å². The maximum atomic E-state index is 13.0. The first kappa shape index (κ1) is 20.7. The van der Waals surface area contributed by atoms with Crippen molar-refractivity contribution in [2.45, 2.75) is 13.8 Å². The second-order valence-corrected chi connectivity index (χ2v) is 6.62. The van der Waals surface area contributed by atoms with E-state index >= 15 is 0 Å². The Labute approximate surface area is 172 Å². The third-order valence-electron chi connectivity index (χ3n) is 4.36. The number of esters is 1. The van der Waals surface area contributed by atoms with Crippen molar-refractivity contribution < 1.29 is 28.3 Å². The molecule has 1 heterocycles. The van der Waals surface area contributed by atoms with Gasteiger partial charge in [-0.2, -0.15) is 0 Å². The number of ether oxygens (including phenoxy) is 1. The van der Waals surface area contributed by atoms with Crippen LogP contribution in [0.1, 0.15) is 48.0 Å². The Hall–Kier alpha value is -4.00. The summed E-state index contributed by atoms with van der Waals surface area (Å²) >= 11 is 0. The Morgan fingerprint density at radius 1 is 0.900 bits per heavy atom. The first-order valence-corrected chi connectivity index (χ1v) is 9.12. The average molecular weight is 405 g/mol. The van der Waals surface area contributed by atoms with Crippen LogP contribution in [0.4, 0.5) is 0 Å². The maximum Gasteiger partial charge on any atom is 0.339 e. The van der Waals surface area contributed by atoms with Crippen LogP contribution in [0.2, 0.25) is 0 Å². The molecule has 3 aromatic rings. The fourth-order valence-electron chi connectivity index (χ4n) is 2.83. The van der Waals surface area contributed by atoms with Crippen molar-refractivity contribution in [3.8, 4) is 0 Å². The molecule has 0 aliphatic carbocycles. The summed E-state index contributed by atoms with van der Waals surface area (Å²) in [6.45, 7) is 3.00. The van der Waals surface area contributed by atoms with E-state index in [0.29, 0.717) is 5.56 Å². The molecule has 3 rings (SSSR count). The van der Waals surface area contributed by atoms with E-state index in [1.54, 1.807) is 18.2 Å². The second-order valence-electron chi connectivity index (χ2n) is 6.62. The minimum absolute atomic E-state index is 0.0357. The van der Waals surface area contributed by atoms with E-state index in [4.69, 9.17) is 9.15 Å². The molecule has 0 unspecified atom stereocenters. The lowest BCUT2D eigenvalue weighted by Crippen LogP contribution is -2.34. The summed E-state index contributed by atoms with van der Waals surface area (Å²) in [6.07, 6.45) is 1.29. The summed E-state index contributed by atoms with van der Waals surface area (Å²) in [5, 5.41) is 2.05. The molecule has 2 amide bonds. The van der Waals surface area contributed by atoms with E-state index in [2.05, 4.69) is 5.32 Å². The average Bonchev–Trinajstić information content (AvgIpc) is 3.28. The van der Waals surface area contributed by atoms with Crippen molar-refractivity contribution in [3.05, 3.63) is 94.4 Å². The Morgan fingerprint density at radius 2 is 1.63 bits per heavy atom. The van der Waals surface area contributed by atoms with Gasteiger partial charge < -0.3 is 9.15 Å². The Bertz CT molecular complexity index is 1110. The summed E-state index contributed by atoms with van der Waals surface area (Å²) in [5.41, 5.74) is 2.39. The summed E-state index contributed by atoms with van der Waals surface area (Å²) in [6, 6.07) is 14.6. The zero-order valence-corrected chi connectivity index (χ0v) is 16.4. The molecule has 0 atom stereocenters. The molecule has 0 aliphatic heterocycles. The largest absolute Gasteiger partial charge is 0.459 e. The van der Waals surface area contributed by atoms with Crippen molar-refractivity contribution in [3.63, 3.8) is 0 Å². The van der Waals surface area contributed by atoms with E-state index in [1.807, 2.05) is 26.0 Å². The minimum Gasteiger partial charge on any atom is -0.459 e. The number of nitrogens with one attached hydrogen (secondary N) is 1. The van der Waals surface area contributed by atoms with E-state index in [0.717, 1.165) is 11.1 Å². The zero-order valence-electron chi connectivity index (χ0n) is 16.4. The zero-order chi connectivity index (χ0) is 21.7. The van der Waals surface area contributed by atoms with Crippen LogP contribution in [0.15, 0.2) is 65.3 Å². The summed E-state index contributed by atoms with van der Waals surface area (Å²) in [5.74, 6) is -2.76. The van der Waals surface area contributed by atoms with Crippen LogP contribution < -0.4 is 5.32 Å². The van der Waals surface area contributed by atoms with Crippen LogP contribution in [0.5, 0.6) is 0 Å². The molecule has 7 heteroatoms. The predicted octanol–water partition coefficient (Wildman–Crippen LogP) is 3.24. The molecule has 0 saturated carbocycles. The first-order valence-electron chi connectivity index (χ1n) is 9.12. The molecule has 2 aromatic carbocycles. The predicted molar refractivity (Wildman–Crippen MR) is 107 cm³/mol. The Kier molecular flexibility index (Phi) is 6.22. The van der Waals surface area contributed by atoms with Gasteiger partial charge in [-0.15, -0.1) is 0 Å². The maximum absolute atomic E-state index is 13.0. The van der Waals surface area contributed by atoms with Crippen LogP contribution in [-0.4, -0.2) is 30.2 Å². The van der Waals surface area contributed by atoms with Gasteiger partial charge in [0.2, 0.25) is 0 Å². The van der Waals surface area contributed by atoms with Crippen LogP contribution in [0, 0.1) is 13.8 Å². The molecule has 152 valence electrons. The molecule has 0 aliphatic rings. The van der Waals surface area contributed by atoms with E-state index < -0.39 is 24.4 Å². The summed E-state index contributed by atoms with van der Waals surface area (Å²) in [4.78, 5) is 49.2. The quantitative estimate of drug-likeness (QED) is 0.499. The third-order valence-corrected chi connectivity index (χ3v) is 4.36. The van der Waals surface area contributed by atoms with Crippen molar-refractivity contribution >= 4 is 23.6 Å². The number of imide groups is 1. The lowest BCUT2D eigenvalue weighted by atomic mass is 9.94. The lowest BCUT2D eigenvalue weighted by Gasteiger charge is -2.11. The highest BCUT2D eigenvalue weighted by Crippen LogP contribution is 2.19. The Balaban J connectivity index is 1.71. The molecule has 0 bridgehead atoms. The van der Waals surface area contributed by atoms with Crippen molar-refractivity contribution in [1.82, 2.24) is 5.32 Å². The molecule has 1 N–H and O–H groups in total. The number of carbonyl (C=O) groups excluding carboxylic acids is 4. The van der Waals surface area contributed by atoms with Crippen LogP contribution in [0.25, 0.3) is 0 Å². The summed E-state index contributed by atoms with van der Waals surface area (Å²) < 4.78 is 9.89. The van der Waals surface area contributed by atoms with Gasteiger partial charge in [0.05, 0.1) is 11.8 Å². The smallest absolute Gasteiger partial charge is 0.339 e. The van der Waals surface area contributed by atoms with Gasteiger partial charge in [0.1, 0.15) is 0 Å². The fourth-order valence-corrected chi connectivity index (χ4v) is 2.83. The number of benzene rings is 2. The van der Waals surface area contributed by atoms with Gasteiger partial charge in [0, 0.05) is 11.1 Å². The highest BCUT2D eigenvalue weighted by atomic mass is 16.5. The molecule has 0 saturated heterocycles.